The lowest BCUT2D eigenvalue weighted by atomic mass is 9.87. The second kappa shape index (κ2) is 5.74. The molecular weight excluding hydrogens is 240 g/mol. The fourth-order valence-electron chi connectivity index (χ4n) is 2.13. The summed E-state index contributed by atoms with van der Waals surface area (Å²) in [5, 5.41) is 0. The number of carbonyl (C=O) groups excluding carboxylic acids is 1. The number of ether oxygens (including phenoxy) is 2. The van der Waals surface area contributed by atoms with E-state index in [0.29, 0.717) is 12.2 Å². The van der Waals surface area contributed by atoms with Crippen molar-refractivity contribution in [2.45, 2.75) is 45.1 Å². The highest BCUT2D eigenvalue weighted by Gasteiger charge is 2.19. The molecule has 19 heavy (non-hydrogen) atoms. The van der Waals surface area contributed by atoms with E-state index < -0.39 is 0 Å². The topological polar surface area (TPSA) is 35.5 Å². The lowest BCUT2D eigenvalue weighted by Gasteiger charge is -2.19. The zero-order valence-electron chi connectivity index (χ0n) is 11.9. The van der Waals surface area contributed by atoms with Gasteiger partial charge in [-0.3, -0.25) is 0 Å². The van der Waals surface area contributed by atoms with Crippen LogP contribution in [0.1, 0.15) is 49.5 Å². The fraction of sp³-hybridized carbons (Fsp3) is 0.562. The van der Waals surface area contributed by atoms with Crippen molar-refractivity contribution < 1.29 is 14.3 Å². The second-order valence-corrected chi connectivity index (χ2v) is 6.06. The molecule has 1 aliphatic rings. The van der Waals surface area contributed by atoms with Gasteiger partial charge in [0.1, 0.15) is 6.61 Å². The molecule has 0 N–H and O–H groups in total. The number of esters is 1. The molecule has 0 radical (unpaired) electrons. The quantitative estimate of drug-likeness (QED) is 0.784. The van der Waals surface area contributed by atoms with Crippen LogP contribution < -0.4 is 0 Å². The zero-order valence-corrected chi connectivity index (χ0v) is 11.9. The normalized spacial score (nSPS) is 19.4. The third-order valence-corrected chi connectivity index (χ3v) is 3.41. The van der Waals surface area contributed by atoms with E-state index in [0.717, 1.165) is 19.4 Å². The highest BCUT2D eigenvalue weighted by molar-refractivity contribution is 5.89. The maximum absolute atomic E-state index is 11.9. The molecule has 2 rings (SSSR count). The molecular formula is C16H22O3. The van der Waals surface area contributed by atoms with Gasteiger partial charge in [0.05, 0.1) is 11.7 Å². The zero-order chi connectivity index (χ0) is 13.9. The summed E-state index contributed by atoms with van der Waals surface area (Å²) in [4.78, 5) is 11.9. The third-order valence-electron chi connectivity index (χ3n) is 3.41. The van der Waals surface area contributed by atoms with Crippen molar-refractivity contribution in [1.29, 1.82) is 0 Å². The van der Waals surface area contributed by atoms with E-state index in [1.165, 1.54) is 5.56 Å². The molecule has 1 heterocycles. The van der Waals surface area contributed by atoms with Gasteiger partial charge in [-0.1, -0.05) is 32.9 Å². The van der Waals surface area contributed by atoms with Gasteiger partial charge in [-0.25, -0.2) is 4.79 Å². The number of benzene rings is 1. The van der Waals surface area contributed by atoms with Gasteiger partial charge in [0, 0.05) is 6.61 Å². The molecule has 1 aromatic rings. The Balaban J connectivity index is 1.92. The van der Waals surface area contributed by atoms with Crippen molar-refractivity contribution >= 4 is 5.97 Å². The Morgan fingerprint density at radius 2 is 2.00 bits per heavy atom. The molecule has 0 aliphatic carbocycles. The number of hydrogen-bond acceptors (Lipinski definition) is 3. The van der Waals surface area contributed by atoms with E-state index in [4.69, 9.17) is 9.47 Å². The van der Waals surface area contributed by atoms with Crippen LogP contribution in [0, 0.1) is 0 Å². The average molecular weight is 262 g/mol. The van der Waals surface area contributed by atoms with Crippen LogP contribution in [0.3, 0.4) is 0 Å². The molecule has 3 heteroatoms. The van der Waals surface area contributed by atoms with Crippen LogP contribution in [-0.2, 0) is 14.9 Å². The monoisotopic (exact) mass is 262 g/mol. The molecule has 0 bridgehead atoms. The van der Waals surface area contributed by atoms with Gasteiger partial charge >= 0.3 is 5.97 Å². The van der Waals surface area contributed by atoms with Gasteiger partial charge in [0.2, 0.25) is 0 Å². The lowest BCUT2D eigenvalue weighted by Crippen LogP contribution is -2.18. The molecule has 0 saturated carbocycles. The number of carbonyl (C=O) groups is 1. The number of hydrogen-bond donors (Lipinski definition) is 0. The smallest absolute Gasteiger partial charge is 0.338 e. The van der Waals surface area contributed by atoms with Gasteiger partial charge in [-0.15, -0.1) is 0 Å². The van der Waals surface area contributed by atoms with E-state index >= 15 is 0 Å². The molecule has 0 aromatic heterocycles. The minimum absolute atomic E-state index is 0.0813. The van der Waals surface area contributed by atoms with Gasteiger partial charge < -0.3 is 9.47 Å². The summed E-state index contributed by atoms with van der Waals surface area (Å²) >= 11 is 0. The van der Waals surface area contributed by atoms with E-state index in [2.05, 4.69) is 20.8 Å². The summed E-state index contributed by atoms with van der Waals surface area (Å²) in [7, 11) is 0. The lowest BCUT2D eigenvalue weighted by molar-refractivity contribution is 0.0161. The Kier molecular flexibility index (Phi) is 4.25. The predicted octanol–water partition coefficient (Wildman–Crippen LogP) is 3.32. The Hall–Kier alpha value is -1.35. The standard InChI is InChI=1S/C16H22O3/c1-16(2,3)13-8-6-12(7-9-13)15(17)19-11-14-5-4-10-18-14/h6-9,14H,4-5,10-11H2,1-3H3. The van der Waals surface area contributed by atoms with Crippen LogP contribution in [0.4, 0.5) is 0 Å². The van der Waals surface area contributed by atoms with E-state index in [1.54, 1.807) is 0 Å². The summed E-state index contributed by atoms with van der Waals surface area (Å²) in [6.45, 7) is 7.59. The second-order valence-electron chi connectivity index (χ2n) is 6.06. The van der Waals surface area contributed by atoms with Crippen LogP contribution >= 0.6 is 0 Å². The van der Waals surface area contributed by atoms with E-state index in [9.17, 15) is 4.79 Å². The third kappa shape index (κ3) is 3.80. The molecule has 1 unspecified atom stereocenters. The predicted molar refractivity (Wildman–Crippen MR) is 74.4 cm³/mol. The molecule has 0 amide bonds. The first-order chi connectivity index (χ1) is 8.97. The van der Waals surface area contributed by atoms with Crippen LogP contribution in [0.15, 0.2) is 24.3 Å². The first kappa shape index (κ1) is 14.1. The van der Waals surface area contributed by atoms with Crippen LogP contribution in [0.2, 0.25) is 0 Å². The Morgan fingerprint density at radius 1 is 1.32 bits per heavy atom. The van der Waals surface area contributed by atoms with Crippen molar-refractivity contribution in [3.63, 3.8) is 0 Å². The van der Waals surface area contributed by atoms with Gasteiger partial charge in [-0.2, -0.15) is 0 Å². The van der Waals surface area contributed by atoms with E-state index in [-0.39, 0.29) is 17.5 Å². The SMILES string of the molecule is CC(C)(C)c1ccc(C(=O)OCC2CCCO2)cc1. The van der Waals surface area contributed by atoms with Crippen molar-refractivity contribution in [3.05, 3.63) is 35.4 Å². The van der Waals surface area contributed by atoms with Crippen molar-refractivity contribution in [3.8, 4) is 0 Å². The Labute approximate surface area is 114 Å². The maximum Gasteiger partial charge on any atom is 0.338 e. The summed E-state index contributed by atoms with van der Waals surface area (Å²) < 4.78 is 10.7. The molecule has 1 aliphatic heterocycles. The van der Waals surface area contributed by atoms with Crippen LogP contribution in [0.25, 0.3) is 0 Å². The fourth-order valence-corrected chi connectivity index (χ4v) is 2.13. The average Bonchev–Trinajstić information content (AvgIpc) is 2.88. The molecule has 1 fully saturated rings. The molecule has 0 spiro atoms. The van der Waals surface area contributed by atoms with Crippen molar-refractivity contribution in [1.82, 2.24) is 0 Å². The minimum atomic E-state index is -0.268. The van der Waals surface area contributed by atoms with Gasteiger partial charge in [0.25, 0.3) is 0 Å². The van der Waals surface area contributed by atoms with Gasteiger partial charge in [0.15, 0.2) is 0 Å². The van der Waals surface area contributed by atoms with Gasteiger partial charge in [-0.05, 0) is 36.0 Å². The van der Waals surface area contributed by atoms with Crippen LogP contribution in [-0.4, -0.2) is 25.3 Å². The first-order valence-electron chi connectivity index (χ1n) is 6.86. The first-order valence-corrected chi connectivity index (χ1v) is 6.86. The summed E-state index contributed by atoms with van der Waals surface area (Å²) in [6, 6.07) is 7.64. The molecule has 1 aromatic carbocycles. The molecule has 3 nitrogen and oxygen atoms in total. The Bertz CT molecular complexity index is 422. The number of rotatable bonds is 3. The highest BCUT2D eigenvalue weighted by Crippen LogP contribution is 2.22. The molecule has 1 saturated heterocycles. The summed E-state index contributed by atoms with van der Waals surface area (Å²) in [5.74, 6) is -0.268. The van der Waals surface area contributed by atoms with Crippen molar-refractivity contribution in [2.75, 3.05) is 13.2 Å². The minimum Gasteiger partial charge on any atom is -0.459 e. The summed E-state index contributed by atoms with van der Waals surface area (Å²) in [5.41, 5.74) is 1.91. The summed E-state index contributed by atoms with van der Waals surface area (Å²) in [6.07, 6.45) is 2.12. The maximum atomic E-state index is 11.9. The van der Waals surface area contributed by atoms with Crippen LogP contribution in [0.5, 0.6) is 0 Å². The van der Waals surface area contributed by atoms with Crippen molar-refractivity contribution in [2.24, 2.45) is 0 Å². The molecule has 104 valence electrons. The highest BCUT2D eigenvalue weighted by atomic mass is 16.6. The Morgan fingerprint density at radius 3 is 2.53 bits per heavy atom. The molecule has 1 atom stereocenters. The van der Waals surface area contributed by atoms with E-state index in [1.807, 2.05) is 24.3 Å². The largest absolute Gasteiger partial charge is 0.459 e.